The number of hydrogen-bond acceptors (Lipinski definition) is 7. The van der Waals surface area contributed by atoms with Crippen molar-refractivity contribution in [1.82, 2.24) is 0 Å². The van der Waals surface area contributed by atoms with E-state index in [1.807, 2.05) is 0 Å². The Labute approximate surface area is 138 Å². The van der Waals surface area contributed by atoms with Gasteiger partial charge in [-0.1, -0.05) is 36.4 Å². The van der Waals surface area contributed by atoms with E-state index >= 15 is 0 Å². The van der Waals surface area contributed by atoms with Crippen molar-refractivity contribution in [3.8, 4) is 11.5 Å². The van der Waals surface area contributed by atoms with Gasteiger partial charge >= 0.3 is 18.2 Å². The van der Waals surface area contributed by atoms with Gasteiger partial charge in [0.2, 0.25) is 0 Å². The SMILES string of the molecule is O=C(OC(=O)C(Oc1ccccc1)Oc1ccccc1)C(O)CO. The van der Waals surface area contributed by atoms with Crippen LogP contribution in [0.25, 0.3) is 0 Å². The monoisotopic (exact) mass is 332 g/mol. The van der Waals surface area contributed by atoms with Crippen molar-refractivity contribution in [1.29, 1.82) is 0 Å². The third-order valence-corrected chi connectivity index (χ3v) is 2.81. The largest absolute Gasteiger partial charge is 0.445 e. The van der Waals surface area contributed by atoms with Gasteiger partial charge in [0, 0.05) is 0 Å². The Morgan fingerprint density at radius 3 is 1.71 bits per heavy atom. The number of aliphatic hydroxyl groups is 2. The average Bonchev–Trinajstić information content (AvgIpc) is 2.62. The number of para-hydroxylation sites is 2. The van der Waals surface area contributed by atoms with E-state index in [0.29, 0.717) is 11.5 Å². The molecule has 0 aliphatic rings. The van der Waals surface area contributed by atoms with Crippen LogP contribution in [0.1, 0.15) is 0 Å². The predicted molar refractivity (Wildman–Crippen MR) is 82.1 cm³/mol. The van der Waals surface area contributed by atoms with Gasteiger partial charge < -0.3 is 24.4 Å². The molecule has 0 saturated carbocycles. The molecule has 1 unspecified atom stereocenters. The quantitative estimate of drug-likeness (QED) is 0.441. The molecule has 0 saturated heterocycles. The summed E-state index contributed by atoms with van der Waals surface area (Å²) in [7, 11) is 0. The fraction of sp³-hybridized carbons (Fsp3) is 0.176. The third kappa shape index (κ3) is 5.08. The lowest BCUT2D eigenvalue weighted by molar-refractivity contribution is -0.179. The zero-order valence-corrected chi connectivity index (χ0v) is 12.6. The molecule has 0 fully saturated rings. The number of benzene rings is 2. The molecule has 2 rings (SSSR count). The number of aliphatic hydroxyl groups excluding tert-OH is 2. The van der Waals surface area contributed by atoms with E-state index in [1.165, 1.54) is 0 Å². The van der Waals surface area contributed by atoms with Crippen LogP contribution in [0.5, 0.6) is 11.5 Å². The van der Waals surface area contributed by atoms with Gasteiger partial charge in [0.25, 0.3) is 0 Å². The van der Waals surface area contributed by atoms with Crippen LogP contribution < -0.4 is 9.47 Å². The minimum atomic E-state index is -1.82. The maximum absolute atomic E-state index is 12.1. The molecule has 0 heterocycles. The molecule has 24 heavy (non-hydrogen) atoms. The molecule has 126 valence electrons. The number of carbonyl (C=O) groups excluding carboxylic acids is 2. The standard InChI is InChI=1S/C17H16O7/c18-11-14(19)15(20)24-16(21)17(22-12-7-3-1-4-8-12)23-13-9-5-2-6-10-13/h1-10,14,17-19H,11H2. The molecule has 2 N–H and O–H groups in total. The predicted octanol–water partition coefficient (Wildman–Crippen LogP) is 0.893. The minimum Gasteiger partial charge on any atom is -0.445 e. The minimum absolute atomic E-state index is 0.325. The second kappa shape index (κ2) is 8.66. The van der Waals surface area contributed by atoms with Crippen LogP contribution in [0, 0.1) is 0 Å². The Kier molecular flexibility index (Phi) is 6.30. The van der Waals surface area contributed by atoms with Crippen LogP contribution >= 0.6 is 0 Å². The van der Waals surface area contributed by atoms with Crippen LogP contribution in [0.4, 0.5) is 0 Å². The summed E-state index contributed by atoms with van der Waals surface area (Å²) in [5.41, 5.74) is 0. The summed E-state index contributed by atoms with van der Waals surface area (Å²) in [6.07, 6.45) is -3.38. The van der Waals surface area contributed by atoms with Gasteiger partial charge in [-0.15, -0.1) is 0 Å². The molecular formula is C17H16O7. The zero-order valence-electron chi connectivity index (χ0n) is 12.6. The first-order valence-electron chi connectivity index (χ1n) is 7.08. The summed E-state index contributed by atoms with van der Waals surface area (Å²) >= 11 is 0. The highest BCUT2D eigenvalue weighted by molar-refractivity contribution is 5.89. The first-order valence-corrected chi connectivity index (χ1v) is 7.08. The summed E-state index contributed by atoms with van der Waals surface area (Å²) in [5.74, 6) is -1.79. The van der Waals surface area contributed by atoms with Crippen molar-refractivity contribution in [2.45, 2.75) is 12.4 Å². The number of carbonyl (C=O) groups is 2. The maximum Gasteiger partial charge on any atom is 0.397 e. The van der Waals surface area contributed by atoms with Crippen molar-refractivity contribution < 1.29 is 34.0 Å². The molecule has 0 bridgehead atoms. The van der Waals surface area contributed by atoms with Gasteiger partial charge in [0.05, 0.1) is 6.61 Å². The van der Waals surface area contributed by atoms with Gasteiger partial charge in [-0.05, 0) is 24.3 Å². The van der Waals surface area contributed by atoms with E-state index in [4.69, 9.17) is 14.6 Å². The molecule has 0 aromatic heterocycles. The van der Waals surface area contributed by atoms with Crippen LogP contribution in [0.3, 0.4) is 0 Å². The number of esters is 2. The van der Waals surface area contributed by atoms with Crippen LogP contribution in [0.2, 0.25) is 0 Å². The molecule has 0 aliphatic heterocycles. The Balaban J connectivity index is 2.12. The first kappa shape index (κ1) is 17.5. The van der Waals surface area contributed by atoms with Crippen molar-refractivity contribution >= 4 is 11.9 Å². The zero-order chi connectivity index (χ0) is 17.4. The highest BCUT2D eigenvalue weighted by Crippen LogP contribution is 2.16. The molecular weight excluding hydrogens is 316 g/mol. The van der Waals surface area contributed by atoms with Crippen LogP contribution in [0.15, 0.2) is 60.7 Å². The molecule has 1 atom stereocenters. The van der Waals surface area contributed by atoms with E-state index in [1.54, 1.807) is 60.7 Å². The number of ether oxygens (including phenoxy) is 3. The maximum atomic E-state index is 12.1. The highest BCUT2D eigenvalue weighted by atomic mass is 16.7. The van der Waals surface area contributed by atoms with Gasteiger partial charge in [-0.2, -0.15) is 0 Å². The summed E-state index contributed by atoms with van der Waals surface area (Å²) in [6, 6.07) is 16.7. The summed E-state index contributed by atoms with van der Waals surface area (Å²) < 4.78 is 15.3. The van der Waals surface area contributed by atoms with Gasteiger partial charge in [-0.3, -0.25) is 0 Å². The van der Waals surface area contributed by atoms with Crippen molar-refractivity contribution in [3.05, 3.63) is 60.7 Å². The van der Waals surface area contributed by atoms with Crippen LogP contribution in [-0.4, -0.2) is 41.2 Å². The van der Waals surface area contributed by atoms with E-state index in [-0.39, 0.29) is 0 Å². The molecule has 7 heteroatoms. The fourth-order valence-corrected chi connectivity index (χ4v) is 1.66. The molecule has 2 aromatic rings. The van der Waals surface area contributed by atoms with Crippen molar-refractivity contribution in [2.24, 2.45) is 0 Å². The van der Waals surface area contributed by atoms with E-state index in [0.717, 1.165) is 0 Å². The lowest BCUT2D eigenvalue weighted by Crippen LogP contribution is -2.39. The Morgan fingerprint density at radius 1 is 0.833 bits per heavy atom. The summed E-state index contributed by atoms with van der Waals surface area (Å²) in [4.78, 5) is 23.5. The van der Waals surface area contributed by atoms with Gasteiger partial charge in [0.1, 0.15) is 11.5 Å². The molecule has 7 nitrogen and oxygen atoms in total. The number of rotatable bonds is 7. The average molecular weight is 332 g/mol. The van der Waals surface area contributed by atoms with Crippen molar-refractivity contribution in [3.63, 3.8) is 0 Å². The smallest absolute Gasteiger partial charge is 0.397 e. The Bertz CT molecular complexity index is 616. The second-order valence-corrected chi connectivity index (χ2v) is 4.63. The third-order valence-electron chi connectivity index (χ3n) is 2.81. The highest BCUT2D eigenvalue weighted by Gasteiger charge is 2.29. The number of hydrogen-bond donors (Lipinski definition) is 2. The first-order chi connectivity index (χ1) is 11.6. The normalized spacial score (nSPS) is 11.6. The lowest BCUT2D eigenvalue weighted by atomic mass is 10.3. The Hall–Kier alpha value is -2.90. The fourth-order valence-electron chi connectivity index (χ4n) is 1.66. The second-order valence-electron chi connectivity index (χ2n) is 4.63. The molecule has 0 radical (unpaired) electrons. The van der Waals surface area contributed by atoms with E-state index < -0.39 is 30.9 Å². The molecule has 0 amide bonds. The van der Waals surface area contributed by atoms with Gasteiger partial charge in [-0.25, -0.2) is 9.59 Å². The van der Waals surface area contributed by atoms with Crippen molar-refractivity contribution in [2.75, 3.05) is 6.61 Å². The molecule has 0 spiro atoms. The molecule has 0 aliphatic carbocycles. The Morgan fingerprint density at radius 2 is 1.29 bits per heavy atom. The lowest BCUT2D eigenvalue weighted by Gasteiger charge is -2.19. The molecule has 2 aromatic carbocycles. The van der Waals surface area contributed by atoms with Gasteiger partial charge in [0.15, 0.2) is 6.10 Å². The topological polar surface area (TPSA) is 102 Å². The van der Waals surface area contributed by atoms with E-state index in [2.05, 4.69) is 4.74 Å². The van der Waals surface area contributed by atoms with Crippen LogP contribution in [-0.2, 0) is 14.3 Å². The van der Waals surface area contributed by atoms with E-state index in [9.17, 15) is 14.7 Å². The summed E-state index contributed by atoms with van der Waals surface area (Å²) in [5, 5.41) is 17.9. The summed E-state index contributed by atoms with van der Waals surface area (Å²) in [6.45, 7) is -0.865.